The number of hydrogen-bond acceptors (Lipinski definition) is 7. The average Bonchev–Trinajstić information content (AvgIpc) is 2.95. The van der Waals surface area contributed by atoms with Crippen molar-refractivity contribution in [2.45, 2.75) is 25.8 Å². The molecule has 0 radical (unpaired) electrons. The summed E-state index contributed by atoms with van der Waals surface area (Å²) in [6.07, 6.45) is 4.02. The van der Waals surface area contributed by atoms with Gasteiger partial charge in [0, 0.05) is 17.1 Å². The molecule has 0 aromatic carbocycles. The fourth-order valence-electron chi connectivity index (χ4n) is 1.53. The van der Waals surface area contributed by atoms with Gasteiger partial charge in [0.25, 0.3) is 5.91 Å². The number of rotatable bonds is 4. The van der Waals surface area contributed by atoms with E-state index in [1.165, 1.54) is 22.7 Å². The molecule has 0 unspecified atom stereocenters. The Bertz CT molecular complexity index is 616. The van der Waals surface area contributed by atoms with Crippen molar-refractivity contribution in [1.29, 1.82) is 0 Å². The number of carbonyl (C=O) groups is 1. The molecule has 1 aliphatic rings. The van der Waals surface area contributed by atoms with Crippen LogP contribution in [0.25, 0.3) is 0 Å². The third-order valence-electron chi connectivity index (χ3n) is 2.61. The van der Waals surface area contributed by atoms with Crippen LogP contribution in [0.15, 0.2) is 6.20 Å². The number of nitrogens with one attached hydrogen (secondary N) is 2. The summed E-state index contributed by atoms with van der Waals surface area (Å²) < 4.78 is 0. The highest BCUT2D eigenvalue weighted by atomic mass is 32.1. The zero-order valence-electron chi connectivity index (χ0n) is 10.3. The molecular formula is C11H13N5OS2. The van der Waals surface area contributed by atoms with Crippen LogP contribution in [0, 0.1) is 6.92 Å². The summed E-state index contributed by atoms with van der Waals surface area (Å²) >= 11 is 2.71. The van der Waals surface area contributed by atoms with Crippen LogP contribution in [0.5, 0.6) is 0 Å². The van der Waals surface area contributed by atoms with Crippen LogP contribution in [0.3, 0.4) is 0 Å². The first-order valence-corrected chi connectivity index (χ1v) is 7.52. The van der Waals surface area contributed by atoms with Crippen molar-refractivity contribution in [3.05, 3.63) is 16.0 Å². The number of aryl methyl sites for hydroxylation is 1. The molecule has 2 heterocycles. The minimum atomic E-state index is -0.256. The van der Waals surface area contributed by atoms with Gasteiger partial charge in [-0.1, -0.05) is 11.3 Å². The second-order valence-corrected chi connectivity index (χ2v) is 6.62. The van der Waals surface area contributed by atoms with E-state index in [4.69, 9.17) is 5.73 Å². The molecule has 19 heavy (non-hydrogen) atoms. The Morgan fingerprint density at radius 2 is 2.21 bits per heavy atom. The van der Waals surface area contributed by atoms with Crippen LogP contribution in [0.1, 0.15) is 27.4 Å². The Morgan fingerprint density at radius 3 is 2.84 bits per heavy atom. The van der Waals surface area contributed by atoms with Gasteiger partial charge >= 0.3 is 0 Å². The molecule has 2 aromatic rings. The van der Waals surface area contributed by atoms with Crippen LogP contribution < -0.4 is 16.4 Å². The lowest BCUT2D eigenvalue weighted by molar-refractivity contribution is 0.103. The molecule has 4 N–H and O–H groups in total. The molecule has 0 spiro atoms. The minimum absolute atomic E-state index is 0.256. The summed E-state index contributed by atoms with van der Waals surface area (Å²) in [4.78, 5) is 21.8. The molecule has 1 saturated carbocycles. The van der Waals surface area contributed by atoms with E-state index in [0.717, 1.165) is 17.7 Å². The zero-order chi connectivity index (χ0) is 13.4. The van der Waals surface area contributed by atoms with Crippen molar-refractivity contribution in [1.82, 2.24) is 9.97 Å². The lowest BCUT2D eigenvalue weighted by Crippen LogP contribution is -2.11. The van der Waals surface area contributed by atoms with Gasteiger partial charge in [0.05, 0.1) is 0 Å². The van der Waals surface area contributed by atoms with Crippen molar-refractivity contribution in [3.8, 4) is 0 Å². The summed E-state index contributed by atoms with van der Waals surface area (Å²) in [7, 11) is 0. The first-order chi connectivity index (χ1) is 9.11. The van der Waals surface area contributed by atoms with Gasteiger partial charge in [0.2, 0.25) is 0 Å². The molecule has 3 rings (SSSR count). The van der Waals surface area contributed by atoms with Crippen LogP contribution in [-0.2, 0) is 0 Å². The number of hydrogen-bond donors (Lipinski definition) is 3. The SMILES string of the molecule is Cc1cnc(NC(=O)c2sc(NC3CC3)nc2N)s1. The second kappa shape index (κ2) is 4.78. The lowest BCUT2D eigenvalue weighted by Gasteiger charge is -1.98. The van der Waals surface area contributed by atoms with Crippen molar-refractivity contribution in [3.63, 3.8) is 0 Å². The van der Waals surface area contributed by atoms with Gasteiger partial charge in [-0.25, -0.2) is 9.97 Å². The third kappa shape index (κ3) is 2.85. The van der Waals surface area contributed by atoms with Crippen LogP contribution >= 0.6 is 22.7 Å². The van der Waals surface area contributed by atoms with E-state index in [9.17, 15) is 4.79 Å². The van der Waals surface area contributed by atoms with Gasteiger partial charge < -0.3 is 11.1 Å². The van der Waals surface area contributed by atoms with E-state index in [1.807, 2.05) is 6.92 Å². The Morgan fingerprint density at radius 1 is 1.42 bits per heavy atom. The van der Waals surface area contributed by atoms with E-state index in [2.05, 4.69) is 20.6 Å². The third-order valence-corrected chi connectivity index (χ3v) is 4.44. The van der Waals surface area contributed by atoms with Crippen molar-refractivity contribution < 1.29 is 4.79 Å². The molecule has 6 nitrogen and oxygen atoms in total. The van der Waals surface area contributed by atoms with Crippen molar-refractivity contribution in [2.75, 3.05) is 16.4 Å². The monoisotopic (exact) mass is 295 g/mol. The van der Waals surface area contributed by atoms with Gasteiger partial charge in [0.15, 0.2) is 10.3 Å². The van der Waals surface area contributed by atoms with Gasteiger partial charge in [0.1, 0.15) is 10.7 Å². The predicted octanol–water partition coefficient (Wildman–Crippen LogP) is 2.32. The molecular weight excluding hydrogens is 282 g/mol. The summed E-state index contributed by atoms with van der Waals surface area (Å²) in [6, 6.07) is 0.489. The molecule has 1 fully saturated rings. The van der Waals surface area contributed by atoms with E-state index in [1.54, 1.807) is 6.20 Å². The molecule has 0 saturated heterocycles. The second-order valence-electron chi connectivity index (χ2n) is 4.38. The molecule has 8 heteroatoms. The first kappa shape index (κ1) is 12.4. The fourth-order valence-corrected chi connectivity index (χ4v) is 3.04. The van der Waals surface area contributed by atoms with Crippen LogP contribution in [0.2, 0.25) is 0 Å². The highest BCUT2D eigenvalue weighted by molar-refractivity contribution is 7.18. The molecule has 1 amide bonds. The van der Waals surface area contributed by atoms with Crippen LogP contribution in [-0.4, -0.2) is 21.9 Å². The Labute approximate surface area is 118 Å². The maximum Gasteiger partial charge on any atom is 0.271 e. The Kier molecular flexibility index (Phi) is 3.11. The first-order valence-electron chi connectivity index (χ1n) is 5.88. The molecule has 0 bridgehead atoms. The summed E-state index contributed by atoms with van der Waals surface area (Å²) in [5.41, 5.74) is 5.78. The van der Waals surface area contributed by atoms with Gasteiger partial charge in [-0.05, 0) is 19.8 Å². The number of amides is 1. The van der Waals surface area contributed by atoms with E-state index >= 15 is 0 Å². The van der Waals surface area contributed by atoms with Crippen molar-refractivity contribution in [2.24, 2.45) is 0 Å². The fraction of sp³-hybridized carbons (Fsp3) is 0.364. The largest absolute Gasteiger partial charge is 0.382 e. The topological polar surface area (TPSA) is 92.9 Å². The summed E-state index contributed by atoms with van der Waals surface area (Å²) in [5, 5.41) is 7.25. The molecule has 0 aliphatic heterocycles. The number of anilines is 3. The highest BCUT2D eigenvalue weighted by Crippen LogP contribution is 2.31. The summed E-state index contributed by atoms with van der Waals surface area (Å²) in [5.74, 6) is 0.00660. The normalized spacial score (nSPS) is 14.4. The van der Waals surface area contributed by atoms with E-state index < -0.39 is 0 Å². The Balaban J connectivity index is 1.73. The van der Waals surface area contributed by atoms with Gasteiger partial charge in [-0.3, -0.25) is 10.1 Å². The predicted molar refractivity (Wildman–Crippen MR) is 78.0 cm³/mol. The number of thiazole rings is 2. The Hall–Kier alpha value is -1.67. The minimum Gasteiger partial charge on any atom is -0.382 e. The zero-order valence-corrected chi connectivity index (χ0v) is 11.9. The smallest absolute Gasteiger partial charge is 0.271 e. The molecule has 2 aromatic heterocycles. The number of nitrogens with two attached hydrogens (primary N) is 1. The van der Waals surface area contributed by atoms with Crippen molar-refractivity contribution >= 4 is 44.7 Å². The molecule has 1 aliphatic carbocycles. The average molecular weight is 295 g/mol. The maximum atomic E-state index is 12.1. The highest BCUT2D eigenvalue weighted by Gasteiger charge is 2.24. The number of aromatic nitrogens is 2. The number of carbonyl (C=O) groups excluding carboxylic acids is 1. The quantitative estimate of drug-likeness (QED) is 0.805. The van der Waals surface area contributed by atoms with Crippen LogP contribution in [0.4, 0.5) is 16.1 Å². The van der Waals surface area contributed by atoms with E-state index in [0.29, 0.717) is 21.2 Å². The molecule has 100 valence electrons. The maximum absolute atomic E-state index is 12.1. The molecule has 0 atom stereocenters. The number of nitrogen functional groups attached to an aromatic ring is 1. The van der Waals surface area contributed by atoms with E-state index in [-0.39, 0.29) is 11.7 Å². The summed E-state index contributed by atoms with van der Waals surface area (Å²) in [6.45, 7) is 1.94. The van der Waals surface area contributed by atoms with Gasteiger partial charge in [-0.2, -0.15) is 0 Å². The standard InChI is InChI=1S/C11H13N5OS2/c1-5-4-13-10(18-5)16-9(17)7-8(12)15-11(19-7)14-6-2-3-6/h4,6H,2-3,12H2,1H3,(H,14,15)(H,13,16,17). The lowest BCUT2D eigenvalue weighted by atomic mass is 10.5. The van der Waals surface area contributed by atoms with Gasteiger partial charge in [-0.15, -0.1) is 11.3 Å². The number of nitrogens with zero attached hydrogens (tertiary/aromatic N) is 2.